The second kappa shape index (κ2) is 9.79. The number of carbonyl (C=O) groups excluding carboxylic acids is 3. The standard InChI is InChI=1S/C29H34N8O3/c1-19-4-5-22(34-33-19)12-31-25(38)24-15-35(16-29(24)17-36(18-29)27(40)23-10-28(23,2)3)26(39)21-11-32-37(14-21)13-20-6-8-30-9-7-20/h4-9,11,14,23-24H,10,12-13,15-18H2,1-3H3,(H,31,38)/t23-,24+/m1/s1. The summed E-state index contributed by atoms with van der Waals surface area (Å²) in [5.74, 6) is -0.523. The van der Waals surface area contributed by atoms with Crippen molar-refractivity contribution in [2.24, 2.45) is 22.7 Å². The molecule has 11 heteroatoms. The van der Waals surface area contributed by atoms with Crippen molar-refractivity contribution < 1.29 is 14.4 Å². The minimum atomic E-state index is -0.472. The van der Waals surface area contributed by atoms with Crippen LogP contribution in [-0.2, 0) is 22.7 Å². The van der Waals surface area contributed by atoms with Crippen molar-refractivity contribution in [3.63, 3.8) is 0 Å². The van der Waals surface area contributed by atoms with Crippen molar-refractivity contribution >= 4 is 17.7 Å². The van der Waals surface area contributed by atoms with Gasteiger partial charge in [0.1, 0.15) is 0 Å². The largest absolute Gasteiger partial charge is 0.350 e. The Bertz CT molecular complexity index is 1430. The quantitative estimate of drug-likeness (QED) is 0.481. The lowest BCUT2D eigenvalue weighted by molar-refractivity contribution is -0.151. The Morgan fingerprint density at radius 2 is 1.73 bits per heavy atom. The van der Waals surface area contributed by atoms with Crippen molar-refractivity contribution in [3.05, 3.63) is 71.6 Å². The zero-order valence-electron chi connectivity index (χ0n) is 23.1. The van der Waals surface area contributed by atoms with Crippen LogP contribution < -0.4 is 5.32 Å². The fourth-order valence-corrected chi connectivity index (χ4v) is 6.02. The molecule has 0 aromatic carbocycles. The molecule has 3 aromatic rings. The van der Waals surface area contributed by atoms with E-state index in [0.717, 1.165) is 17.7 Å². The summed E-state index contributed by atoms with van der Waals surface area (Å²) in [6, 6.07) is 7.51. The maximum Gasteiger partial charge on any atom is 0.257 e. The van der Waals surface area contributed by atoms with E-state index in [1.165, 1.54) is 0 Å². The van der Waals surface area contributed by atoms with E-state index in [4.69, 9.17) is 0 Å². The molecule has 0 radical (unpaired) electrons. The molecule has 5 heterocycles. The number of likely N-dealkylation sites (tertiary alicyclic amines) is 2. The van der Waals surface area contributed by atoms with Gasteiger partial charge in [-0.2, -0.15) is 15.3 Å². The highest BCUT2D eigenvalue weighted by atomic mass is 16.2. The van der Waals surface area contributed by atoms with Crippen molar-refractivity contribution in [2.75, 3.05) is 26.2 Å². The first-order valence-electron chi connectivity index (χ1n) is 13.7. The summed E-state index contributed by atoms with van der Waals surface area (Å²) in [5.41, 5.74) is 2.56. The van der Waals surface area contributed by atoms with Crippen molar-refractivity contribution in [2.45, 2.75) is 40.3 Å². The predicted octanol–water partition coefficient (Wildman–Crippen LogP) is 1.69. The molecule has 11 nitrogen and oxygen atoms in total. The summed E-state index contributed by atoms with van der Waals surface area (Å²) in [6.07, 6.45) is 7.66. The molecule has 1 spiro atoms. The van der Waals surface area contributed by atoms with Crippen molar-refractivity contribution in [1.29, 1.82) is 0 Å². The first-order chi connectivity index (χ1) is 19.1. The van der Waals surface area contributed by atoms with Gasteiger partial charge in [0.2, 0.25) is 11.8 Å². The van der Waals surface area contributed by atoms with Crippen LogP contribution >= 0.6 is 0 Å². The molecule has 3 aromatic heterocycles. The Hall–Kier alpha value is -4.15. The molecule has 0 unspecified atom stereocenters. The number of carbonyl (C=O) groups is 3. The highest BCUT2D eigenvalue weighted by Crippen LogP contribution is 2.54. The second-order valence-corrected chi connectivity index (χ2v) is 12.2. The van der Waals surface area contributed by atoms with Gasteiger partial charge in [0.25, 0.3) is 5.91 Å². The molecule has 6 rings (SSSR count). The van der Waals surface area contributed by atoms with Gasteiger partial charge in [-0.3, -0.25) is 24.0 Å². The van der Waals surface area contributed by atoms with E-state index in [1.807, 2.05) is 36.1 Å². The topological polar surface area (TPSA) is 126 Å². The molecule has 2 aliphatic heterocycles. The SMILES string of the molecule is Cc1ccc(CNC(=O)[C@@H]2CN(C(=O)c3cnn(Cc4ccncc4)c3)CC23CN(C(=O)[C@H]2CC2(C)C)C3)nn1. The summed E-state index contributed by atoms with van der Waals surface area (Å²) in [6.45, 7) is 8.53. The highest BCUT2D eigenvalue weighted by Gasteiger charge is 2.61. The molecule has 2 atom stereocenters. The van der Waals surface area contributed by atoms with Crippen molar-refractivity contribution in [1.82, 2.24) is 40.1 Å². The number of nitrogens with zero attached hydrogens (tertiary/aromatic N) is 7. The van der Waals surface area contributed by atoms with Gasteiger partial charge in [0, 0.05) is 56.1 Å². The second-order valence-electron chi connectivity index (χ2n) is 12.2. The van der Waals surface area contributed by atoms with Crippen LogP contribution in [0.5, 0.6) is 0 Å². The average molecular weight is 543 g/mol. The van der Waals surface area contributed by atoms with Crippen LogP contribution in [-0.4, -0.2) is 78.7 Å². The number of hydrogen-bond acceptors (Lipinski definition) is 7. The Balaban J connectivity index is 1.16. The lowest BCUT2D eigenvalue weighted by atomic mass is 9.71. The van der Waals surface area contributed by atoms with Crippen LogP contribution in [0.25, 0.3) is 0 Å². The van der Waals surface area contributed by atoms with Gasteiger partial charge in [0.05, 0.1) is 42.2 Å². The first kappa shape index (κ1) is 26.1. The molecule has 3 fully saturated rings. The molecule has 1 N–H and O–H groups in total. The minimum absolute atomic E-state index is 0.0415. The zero-order valence-corrected chi connectivity index (χ0v) is 23.1. The maximum atomic E-state index is 13.6. The lowest BCUT2D eigenvalue weighted by Gasteiger charge is -2.50. The number of nitrogens with one attached hydrogen (secondary N) is 1. The number of pyridine rings is 1. The fraction of sp³-hybridized carbons (Fsp3) is 0.483. The highest BCUT2D eigenvalue weighted by molar-refractivity contribution is 5.95. The Morgan fingerprint density at radius 3 is 2.40 bits per heavy atom. The number of aryl methyl sites for hydroxylation is 1. The Kier molecular flexibility index (Phi) is 6.39. The molecule has 1 aliphatic carbocycles. The lowest BCUT2D eigenvalue weighted by Crippen LogP contribution is -2.64. The van der Waals surface area contributed by atoms with Gasteiger partial charge in [-0.1, -0.05) is 13.8 Å². The van der Waals surface area contributed by atoms with Gasteiger partial charge >= 0.3 is 0 Å². The molecule has 40 heavy (non-hydrogen) atoms. The van der Waals surface area contributed by atoms with Gasteiger partial charge < -0.3 is 15.1 Å². The van der Waals surface area contributed by atoms with Crippen molar-refractivity contribution in [3.8, 4) is 0 Å². The third kappa shape index (κ3) is 4.96. The molecule has 208 valence electrons. The van der Waals surface area contributed by atoms with Gasteiger partial charge in [-0.25, -0.2) is 0 Å². The van der Waals surface area contributed by atoms with Crippen LogP contribution in [0.2, 0.25) is 0 Å². The average Bonchev–Trinajstić information content (AvgIpc) is 3.25. The van der Waals surface area contributed by atoms with E-state index in [2.05, 4.69) is 39.4 Å². The normalized spacial score (nSPS) is 22.2. The van der Waals surface area contributed by atoms with E-state index in [0.29, 0.717) is 37.4 Å². The number of aromatic nitrogens is 5. The smallest absolute Gasteiger partial charge is 0.257 e. The van der Waals surface area contributed by atoms with E-state index in [9.17, 15) is 14.4 Å². The molecule has 2 saturated heterocycles. The van der Waals surface area contributed by atoms with Crippen LogP contribution in [0.15, 0.2) is 49.1 Å². The molecule has 3 aliphatic rings. The Labute approximate surface area is 233 Å². The van der Waals surface area contributed by atoms with Crippen LogP contribution in [0.4, 0.5) is 0 Å². The third-order valence-corrected chi connectivity index (χ3v) is 8.66. The summed E-state index contributed by atoms with van der Waals surface area (Å²) < 4.78 is 1.72. The van der Waals surface area contributed by atoms with Crippen LogP contribution in [0.3, 0.4) is 0 Å². The zero-order chi connectivity index (χ0) is 28.1. The van der Waals surface area contributed by atoms with E-state index in [-0.39, 0.29) is 42.1 Å². The minimum Gasteiger partial charge on any atom is -0.350 e. The molecular formula is C29H34N8O3. The van der Waals surface area contributed by atoms with Crippen LogP contribution in [0.1, 0.15) is 47.6 Å². The summed E-state index contributed by atoms with van der Waals surface area (Å²) in [7, 11) is 0. The third-order valence-electron chi connectivity index (χ3n) is 8.66. The van der Waals surface area contributed by atoms with E-state index < -0.39 is 11.3 Å². The molecule has 3 amide bonds. The predicted molar refractivity (Wildman–Crippen MR) is 144 cm³/mol. The fourth-order valence-electron chi connectivity index (χ4n) is 6.02. The van der Waals surface area contributed by atoms with Gasteiger partial charge in [0.15, 0.2) is 0 Å². The number of hydrogen-bond donors (Lipinski definition) is 1. The van der Waals surface area contributed by atoms with Gasteiger partial charge in [-0.05, 0) is 48.6 Å². The summed E-state index contributed by atoms with van der Waals surface area (Å²) in [5, 5.41) is 15.6. The van der Waals surface area contributed by atoms with E-state index >= 15 is 0 Å². The number of amides is 3. The molecular weight excluding hydrogens is 508 g/mol. The summed E-state index contributed by atoms with van der Waals surface area (Å²) >= 11 is 0. The molecule has 1 saturated carbocycles. The van der Waals surface area contributed by atoms with E-state index in [1.54, 1.807) is 34.4 Å². The maximum absolute atomic E-state index is 13.6. The van der Waals surface area contributed by atoms with Gasteiger partial charge in [-0.15, -0.1) is 0 Å². The Morgan fingerprint density at radius 1 is 1.00 bits per heavy atom. The summed E-state index contributed by atoms with van der Waals surface area (Å²) in [4.78, 5) is 47.8. The monoisotopic (exact) mass is 542 g/mol. The van der Waals surface area contributed by atoms with Crippen LogP contribution in [0, 0.1) is 29.6 Å². The molecule has 0 bridgehead atoms. The number of rotatable bonds is 7. The first-order valence-corrected chi connectivity index (χ1v) is 13.7.